The van der Waals surface area contributed by atoms with Crippen molar-refractivity contribution in [2.75, 3.05) is 14.7 Å². The van der Waals surface area contributed by atoms with Crippen LogP contribution in [0.4, 0.5) is 51.2 Å². The van der Waals surface area contributed by atoms with Crippen LogP contribution in [0.25, 0.3) is 66.8 Å². The first kappa shape index (κ1) is 84.0. The predicted molar refractivity (Wildman–Crippen MR) is 508 cm³/mol. The number of para-hydroxylation sites is 3. The molecule has 2 aliphatic carbocycles. The number of ketones is 4. The van der Waals surface area contributed by atoms with Gasteiger partial charge in [-0.3, -0.25) is 19.2 Å². The number of anilines is 9. The van der Waals surface area contributed by atoms with Crippen molar-refractivity contribution in [1.29, 1.82) is 0 Å². The molecule has 15 rings (SSSR count). The van der Waals surface area contributed by atoms with Crippen molar-refractivity contribution in [2.45, 2.75) is 206 Å². The van der Waals surface area contributed by atoms with Gasteiger partial charge in [0.15, 0.2) is 23.1 Å². The van der Waals surface area contributed by atoms with Gasteiger partial charge < -0.3 is 14.7 Å². The standard InChI is InChI=1S/C114H117N3O4/c1-7-11-15-19-32-42-109(118)113(110(119)43-33-20-16-12-8-2)105-78-83(6)48-74-101(105)102-75-59-89(79-106(102)113)86-55-70-99(71-56-86)116(93-38-28-24-29-39-93)96-64-49-84(50-65-96)85-51-66-97(67-52-85)117(94-40-30-25-31-41-94)100-72-57-88(58-73-100)91-61-77-104-103-76-60-90(87-53-68-98(69-54-87)115(92-36-26-23-27-37-92)95-62-46-82(5)47-63-95)80-107(103)114(108(104)81-91,111(120)44-34-21-17-13-9-3)112(121)45-35-22-18-14-10-4/h23-31,36-41,46-81H,7-22,32-35,42-45H2,1-6H3. The summed E-state index contributed by atoms with van der Waals surface area (Å²) < 4.78 is 0. The summed E-state index contributed by atoms with van der Waals surface area (Å²) in [6.45, 7) is 13.1. The number of nitrogens with zero attached hydrogens (tertiary/aromatic N) is 3. The number of aryl methyl sites for hydroxylation is 2. The van der Waals surface area contributed by atoms with E-state index in [-0.39, 0.29) is 23.1 Å². The molecule has 0 bridgehead atoms. The molecule has 0 heterocycles. The van der Waals surface area contributed by atoms with E-state index >= 15 is 19.2 Å². The van der Waals surface area contributed by atoms with Gasteiger partial charge in [-0.15, -0.1) is 0 Å². The quantitative estimate of drug-likeness (QED) is 0.0279. The highest BCUT2D eigenvalue weighted by atomic mass is 16.2. The molecule has 0 spiro atoms. The summed E-state index contributed by atoms with van der Waals surface area (Å²) in [5.41, 5.74) is 24.0. The van der Waals surface area contributed by atoms with Crippen LogP contribution in [0.1, 0.15) is 215 Å². The van der Waals surface area contributed by atoms with Crippen molar-refractivity contribution < 1.29 is 19.2 Å². The molecule has 0 saturated heterocycles. The molecule has 0 aromatic heterocycles. The van der Waals surface area contributed by atoms with E-state index in [4.69, 9.17) is 0 Å². The molecule has 0 saturated carbocycles. The maximum atomic E-state index is 16.0. The first-order valence-corrected chi connectivity index (χ1v) is 45.2. The Hall–Kier alpha value is -12.1. The highest BCUT2D eigenvalue weighted by Crippen LogP contribution is 2.56. The molecule has 7 heteroatoms. The smallest absolute Gasteiger partial charge is 0.155 e. The molecular weight excluding hydrogens is 1480 g/mol. The molecule has 0 amide bonds. The van der Waals surface area contributed by atoms with Gasteiger partial charge in [0.2, 0.25) is 0 Å². The fraction of sp³-hybridized carbons (Fsp3) is 0.281. The van der Waals surface area contributed by atoms with E-state index in [9.17, 15) is 0 Å². The lowest BCUT2D eigenvalue weighted by Crippen LogP contribution is -2.43. The summed E-state index contributed by atoms with van der Waals surface area (Å²) in [5, 5.41) is 0. The van der Waals surface area contributed by atoms with E-state index in [0.717, 1.165) is 274 Å². The highest BCUT2D eigenvalue weighted by Gasteiger charge is 2.55. The van der Waals surface area contributed by atoms with Gasteiger partial charge in [0, 0.05) is 76.9 Å². The molecule has 0 fully saturated rings. The number of carbonyl (C=O) groups excluding carboxylic acids is 4. The van der Waals surface area contributed by atoms with Crippen LogP contribution in [0.3, 0.4) is 0 Å². The Balaban J connectivity index is 0.709. The van der Waals surface area contributed by atoms with Crippen LogP contribution in [0, 0.1) is 13.8 Å². The molecule has 121 heavy (non-hydrogen) atoms. The number of unbranched alkanes of at least 4 members (excludes halogenated alkanes) is 16. The summed E-state index contributed by atoms with van der Waals surface area (Å²) in [7, 11) is 0. The maximum Gasteiger partial charge on any atom is 0.155 e. The summed E-state index contributed by atoms with van der Waals surface area (Å²) in [4.78, 5) is 69.4. The second kappa shape index (κ2) is 39.4. The second-order valence-electron chi connectivity index (χ2n) is 33.8. The Morgan fingerprint density at radius 3 is 0.661 bits per heavy atom. The lowest BCUT2D eigenvalue weighted by atomic mass is 9.68. The summed E-state index contributed by atoms with van der Waals surface area (Å²) >= 11 is 0. The molecule has 0 radical (unpaired) electrons. The van der Waals surface area contributed by atoms with E-state index in [1.54, 1.807) is 0 Å². The Labute approximate surface area is 719 Å². The van der Waals surface area contributed by atoms with Crippen LogP contribution in [0.5, 0.6) is 0 Å². The van der Waals surface area contributed by atoms with E-state index in [0.29, 0.717) is 25.7 Å². The van der Waals surface area contributed by atoms with Crippen LogP contribution >= 0.6 is 0 Å². The summed E-state index contributed by atoms with van der Waals surface area (Å²) in [6.07, 6.45) is 21.7. The third kappa shape index (κ3) is 17.9. The lowest BCUT2D eigenvalue weighted by Gasteiger charge is -2.30. The molecule has 0 aliphatic heterocycles. The Morgan fingerprint density at radius 2 is 0.405 bits per heavy atom. The summed E-state index contributed by atoms with van der Waals surface area (Å²) in [6, 6.07) is 110. The van der Waals surface area contributed by atoms with Crippen LogP contribution in [-0.2, 0) is 30.0 Å². The van der Waals surface area contributed by atoms with Crippen molar-refractivity contribution >= 4 is 74.3 Å². The third-order valence-corrected chi connectivity index (χ3v) is 25.4. The molecule has 13 aromatic rings. The van der Waals surface area contributed by atoms with Crippen molar-refractivity contribution in [2.24, 2.45) is 0 Å². The Bertz CT molecular complexity index is 5630. The number of fused-ring (bicyclic) bond motifs is 6. The minimum absolute atomic E-state index is 0.00402. The normalized spacial score (nSPS) is 12.6. The third-order valence-electron chi connectivity index (χ3n) is 25.4. The van der Waals surface area contributed by atoms with Gasteiger partial charge in [-0.05, 0) is 256 Å². The van der Waals surface area contributed by atoms with Crippen molar-refractivity contribution in [3.05, 3.63) is 343 Å². The molecule has 13 aromatic carbocycles. The fourth-order valence-corrected chi connectivity index (χ4v) is 18.9. The van der Waals surface area contributed by atoms with Crippen LogP contribution in [0.2, 0.25) is 0 Å². The van der Waals surface area contributed by atoms with Crippen molar-refractivity contribution in [1.82, 2.24) is 0 Å². The number of benzene rings is 13. The molecule has 0 N–H and O–H groups in total. The van der Waals surface area contributed by atoms with Crippen LogP contribution in [0.15, 0.2) is 309 Å². The van der Waals surface area contributed by atoms with Crippen molar-refractivity contribution in [3.63, 3.8) is 0 Å². The van der Waals surface area contributed by atoms with E-state index < -0.39 is 10.8 Å². The van der Waals surface area contributed by atoms with Gasteiger partial charge in [-0.2, -0.15) is 0 Å². The monoisotopic (exact) mass is 1590 g/mol. The van der Waals surface area contributed by atoms with Crippen LogP contribution < -0.4 is 14.7 Å². The van der Waals surface area contributed by atoms with Gasteiger partial charge in [0.1, 0.15) is 10.8 Å². The summed E-state index contributed by atoms with van der Waals surface area (Å²) in [5.74, 6) is 0.0859. The molecular formula is C114H117N3O4. The average molecular weight is 1590 g/mol. The zero-order valence-corrected chi connectivity index (χ0v) is 71.9. The van der Waals surface area contributed by atoms with Crippen LogP contribution in [-0.4, -0.2) is 23.1 Å². The highest BCUT2D eigenvalue weighted by molar-refractivity contribution is 6.22. The lowest BCUT2D eigenvalue weighted by molar-refractivity contribution is -0.135. The molecule has 2 aliphatic rings. The van der Waals surface area contributed by atoms with Gasteiger partial charge in [-0.1, -0.05) is 324 Å². The minimum atomic E-state index is -1.47. The van der Waals surface area contributed by atoms with Gasteiger partial charge >= 0.3 is 0 Å². The van der Waals surface area contributed by atoms with Gasteiger partial charge in [0.05, 0.1) is 0 Å². The zero-order valence-electron chi connectivity index (χ0n) is 71.9. The number of Topliss-reactive ketones (excluding diaryl/α,β-unsaturated/α-hetero) is 4. The minimum Gasteiger partial charge on any atom is -0.311 e. The number of carbonyl (C=O) groups is 4. The Morgan fingerprint density at radius 1 is 0.207 bits per heavy atom. The zero-order chi connectivity index (χ0) is 83.7. The molecule has 0 unspecified atom stereocenters. The van der Waals surface area contributed by atoms with Gasteiger partial charge in [0.25, 0.3) is 0 Å². The first-order valence-electron chi connectivity index (χ1n) is 45.2. The number of rotatable bonds is 41. The predicted octanol–water partition coefficient (Wildman–Crippen LogP) is 31.6. The molecule has 0 atom stereocenters. The van der Waals surface area contributed by atoms with Crippen molar-refractivity contribution in [3.8, 4) is 66.8 Å². The largest absolute Gasteiger partial charge is 0.311 e. The first-order chi connectivity index (χ1) is 59.3. The number of hydrogen-bond acceptors (Lipinski definition) is 7. The topological polar surface area (TPSA) is 78.0 Å². The maximum absolute atomic E-state index is 16.0. The molecule has 7 nitrogen and oxygen atoms in total. The van der Waals surface area contributed by atoms with Gasteiger partial charge in [-0.25, -0.2) is 0 Å². The van der Waals surface area contributed by atoms with E-state index in [2.05, 4.69) is 360 Å². The Kier molecular flexibility index (Phi) is 27.4. The fourth-order valence-electron chi connectivity index (χ4n) is 18.9. The van der Waals surface area contributed by atoms with E-state index in [1.807, 2.05) is 6.07 Å². The SMILES string of the molecule is CCCCCCCC(=O)C1(C(=O)CCCCCCC)c2cc(C)ccc2-c2ccc(-c3ccc(N(c4ccccc4)c4ccc(-c5ccc(N(c6ccccc6)c6ccc(-c7ccc8c(c7)C(C(=O)CCCCCCC)(C(=O)CCCCCCC)c7cc(-c9ccc(N(c%10ccccc%10)c%10ccc(C)cc%10)cc9)ccc7-8)cc6)cc5)cc4)cc3)cc21. The number of hydrogen-bond donors (Lipinski definition) is 0. The second-order valence-corrected chi connectivity index (χ2v) is 33.8. The molecule has 612 valence electrons. The average Bonchev–Trinajstić information content (AvgIpc) is 1.54. The van der Waals surface area contributed by atoms with E-state index in [1.165, 1.54) is 5.56 Å².